The number of halogens is 1. The topological polar surface area (TPSA) is 71.0 Å². The molecule has 1 heterocycles. The number of nitrogens with one attached hydrogen (secondary N) is 1. The molecule has 1 fully saturated rings. The Morgan fingerprint density at radius 3 is 2.64 bits per heavy atom. The van der Waals surface area contributed by atoms with Gasteiger partial charge in [-0.25, -0.2) is 17.8 Å². The van der Waals surface area contributed by atoms with E-state index in [0.717, 1.165) is 0 Å². The number of benzene rings is 1. The fourth-order valence-electron chi connectivity index (χ4n) is 2.60. The quantitative estimate of drug-likeness (QED) is 0.484. The lowest BCUT2D eigenvalue weighted by molar-refractivity contribution is 0.323. The van der Waals surface area contributed by atoms with Crippen molar-refractivity contribution in [2.45, 2.75) is 25.5 Å². The molecule has 1 aliphatic rings. The third kappa shape index (κ3) is 5.07. The largest absolute Gasteiger partial charge is 0.492 e. The predicted molar refractivity (Wildman–Crippen MR) is 97.3 cm³/mol. The van der Waals surface area contributed by atoms with E-state index in [1.54, 1.807) is 26.0 Å². The molecule has 0 aromatic heterocycles. The number of nitrogens with zero attached hydrogens (tertiary/aromatic N) is 2. The molecule has 0 amide bonds. The summed E-state index contributed by atoms with van der Waals surface area (Å²) in [6, 6.07) is 5.84. The Hall–Kier alpha value is -1.83. The molecule has 0 atom stereocenters. The zero-order valence-electron chi connectivity index (χ0n) is 15.0. The average Bonchev–Trinajstić information content (AvgIpc) is 2.55. The van der Waals surface area contributed by atoms with Crippen molar-refractivity contribution in [2.75, 3.05) is 38.5 Å². The first-order valence-electron chi connectivity index (χ1n) is 8.39. The number of sulfone groups is 1. The third-order valence-corrected chi connectivity index (χ3v) is 6.65. The molecular formula is C17H26FN3O3S. The third-order valence-electron chi connectivity index (χ3n) is 4.11. The van der Waals surface area contributed by atoms with Crippen LogP contribution in [0, 0.1) is 5.82 Å². The zero-order chi connectivity index (χ0) is 18.5. The Morgan fingerprint density at radius 1 is 1.36 bits per heavy atom. The SMILES string of the molecule is CCNC(=NCCOc1ccc(F)cc1)N1CCS(=O)(=O)C(C)(C)C1. The van der Waals surface area contributed by atoms with Crippen LogP contribution in [0.1, 0.15) is 20.8 Å². The second-order valence-electron chi connectivity index (χ2n) is 6.54. The molecule has 140 valence electrons. The molecule has 1 N–H and O–H groups in total. The molecule has 6 nitrogen and oxygen atoms in total. The molecule has 1 aromatic carbocycles. The summed E-state index contributed by atoms with van der Waals surface area (Å²) in [5.74, 6) is 1.10. The maximum absolute atomic E-state index is 12.9. The first-order valence-corrected chi connectivity index (χ1v) is 10.0. The molecule has 8 heteroatoms. The van der Waals surface area contributed by atoms with Gasteiger partial charge in [-0.05, 0) is 45.0 Å². The van der Waals surface area contributed by atoms with Crippen molar-refractivity contribution < 1.29 is 17.5 Å². The van der Waals surface area contributed by atoms with Crippen molar-refractivity contribution in [1.82, 2.24) is 10.2 Å². The summed E-state index contributed by atoms with van der Waals surface area (Å²) in [6.07, 6.45) is 0. The normalized spacial score (nSPS) is 19.5. The summed E-state index contributed by atoms with van der Waals surface area (Å²) >= 11 is 0. The minimum absolute atomic E-state index is 0.122. The molecule has 25 heavy (non-hydrogen) atoms. The van der Waals surface area contributed by atoms with E-state index in [2.05, 4.69) is 10.3 Å². The van der Waals surface area contributed by atoms with E-state index < -0.39 is 14.6 Å². The van der Waals surface area contributed by atoms with E-state index in [1.807, 2.05) is 11.8 Å². The van der Waals surface area contributed by atoms with Gasteiger partial charge in [-0.3, -0.25) is 0 Å². The van der Waals surface area contributed by atoms with Crippen molar-refractivity contribution >= 4 is 15.8 Å². The van der Waals surface area contributed by atoms with Crippen LogP contribution < -0.4 is 10.1 Å². The fraction of sp³-hybridized carbons (Fsp3) is 0.588. The maximum Gasteiger partial charge on any atom is 0.194 e. The molecule has 0 radical (unpaired) electrons. The van der Waals surface area contributed by atoms with Gasteiger partial charge in [0.25, 0.3) is 0 Å². The monoisotopic (exact) mass is 371 g/mol. The Balaban J connectivity index is 1.95. The van der Waals surface area contributed by atoms with E-state index in [1.165, 1.54) is 12.1 Å². The molecule has 0 aliphatic carbocycles. The van der Waals surface area contributed by atoms with Gasteiger partial charge < -0.3 is 15.0 Å². The first kappa shape index (κ1) is 19.5. The fourth-order valence-corrected chi connectivity index (χ4v) is 3.96. The number of ether oxygens (including phenoxy) is 1. The highest BCUT2D eigenvalue weighted by atomic mass is 32.2. The number of hydrogen-bond donors (Lipinski definition) is 1. The lowest BCUT2D eigenvalue weighted by Gasteiger charge is -2.39. The van der Waals surface area contributed by atoms with Gasteiger partial charge in [0.1, 0.15) is 18.2 Å². The van der Waals surface area contributed by atoms with Gasteiger partial charge in [-0.1, -0.05) is 0 Å². The van der Waals surface area contributed by atoms with Crippen molar-refractivity contribution in [2.24, 2.45) is 4.99 Å². The van der Waals surface area contributed by atoms with Gasteiger partial charge in [-0.2, -0.15) is 0 Å². The second-order valence-corrected chi connectivity index (χ2v) is 9.28. The average molecular weight is 371 g/mol. The summed E-state index contributed by atoms with van der Waals surface area (Å²) in [7, 11) is -3.09. The number of guanidine groups is 1. The van der Waals surface area contributed by atoms with Crippen LogP contribution in [0.2, 0.25) is 0 Å². The van der Waals surface area contributed by atoms with Crippen molar-refractivity contribution in [1.29, 1.82) is 0 Å². The molecule has 1 aromatic rings. The number of hydrogen-bond acceptors (Lipinski definition) is 4. The molecular weight excluding hydrogens is 345 g/mol. The van der Waals surface area contributed by atoms with Gasteiger partial charge in [-0.15, -0.1) is 0 Å². The summed E-state index contributed by atoms with van der Waals surface area (Å²) in [5.41, 5.74) is 0. The van der Waals surface area contributed by atoms with Gasteiger partial charge in [0, 0.05) is 19.6 Å². The highest BCUT2D eigenvalue weighted by Crippen LogP contribution is 2.23. The Labute approximate surface area is 149 Å². The number of rotatable bonds is 5. The van der Waals surface area contributed by atoms with Crippen molar-refractivity contribution in [3.8, 4) is 5.75 Å². The van der Waals surface area contributed by atoms with Crippen molar-refractivity contribution in [3.05, 3.63) is 30.1 Å². The van der Waals surface area contributed by atoms with Gasteiger partial charge in [0.15, 0.2) is 15.8 Å². The minimum atomic E-state index is -3.09. The summed E-state index contributed by atoms with van der Waals surface area (Å²) in [6.45, 7) is 7.76. The highest BCUT2D eigenvalue weighted by molar-refractivity contribution is 7.92. The molecule has 1 aliphatic heterocycles. The Morgan fingerprint density at radius 2 is 2.04 bits per heavy atom. The summed E-state index contributed by atoms with van der Waals surface area (Å²) in [5, 5.41) is 3.20. The lowest BCUT2D eigenvalue weighted by Crippen LogP contribution is -2.57. The summed E-state index contributed by atoms with van der Waals surface area (Å²) < 4.78 is 41.9. The highest BCUT2D eigenvalue weighted by Gasteiger charge is 2.40. The van der Waals surface area contributed by atoms with Gasteiger partial charge in [0.05, 0.1) is 17.0 Å². The van der Waals surface area contributed by atoms with E-state index in [4.69, 9.17) is 4.74 Å². The van der Waals surface area contributed by atoms with Crippen LogP contribution in [0.4, 0.5) is 4.39 Å². The molecule has 0 unspecified atom stereocenters. The smallest absolute Gasteiger partial charge is 0.194 e. The van der Waals surface area contributed by atoms with E-state index in [0.29, 0.717) is 44.5 Å². The molecule has 0 spiro atoms. The van der Waals surface area contributed by atoms with Gasteiger partial charge >= 0.3 is 0 Å². The maximum atomic E-state index is 12.9. The second kappa shape index (κ2) is 8.03. The number of aliphatic imine (C=N–C) groups is 1. The van der Waals surface area contributed by atoms with Crippen LogP contribution in [-0.2, 0) is 9.84 Å². The first-order chi connectivity index (χ1) is 11.7. The van der Waals surface area contributed by atoms with E-state index >= 15 is 0 Å². The van der Waals surface area contributed by atoms with E-state index in [9.17, 15) is 12.8 Å². The van der Waals surface area contributed by atoms with Crippen molar-refractivity contribution in [3.63, 3.8) is 0 Å². The molecule has 0 bridgehead atoms. The van der Waals surface area contributed by atoms with Crippen LogP contribution in [0.3, 0.4) is 0 Å². The standard InChI is InChI=1S/C17H26FN3O3S/c1-4-19-16(21-10-12-25(22,23)17(2,3)13-21)20-9-11-24-15-7-5-14(18)6-8-15/h5-8H,4,9-13H2,1-3H3,(H,19,20). The minimum Gasteiger partial charge on any atom is -0.492 e. The Kier molecular flexibility index (Phi) is 6.26. The molecule has 2 rings (SSSR count). The van der Waals surface area contributed by atoms with Crippen LogP contribution in [0.15, 0.2) is 29.3 Å². The zero-order valence-corrected chi connectivity index (χ0v) is 15.8. The predicted octanol–water partition coefficient (Wildman–Crippen LogP) is 1.68. The van der Waals surface area contributed by atoms with Crippen LogP contribution in [-0.4, -0.2) is 62.6 Å². The van der Waals surface area contributed by atoms with Gasteiger partial charge in [0.2, 0.25) is 0 Å². The van der Waals surface area contributed by atoms with Crippen LogP contribution in [0.5, 0.6) is 5.75 Å². The Bertz CT molecular complexity index is 702. The summed E-state index contributed by atoms with van der Waals surface area (Å²) in [4.78, 5) is 6.50. The lowest BCUT2D eigenvalue weighted by atomic mass is 10.2. The van der Waals surface area contributed by atoms with Crippen LogP contribution >= 0.6 is 0 Å². The van der Waals surface area contributed by atoms with Crippen LogP contribution in [0.25, 0.3) is 0 Å². The van der Waals surface area contributed by atoms with E-state index in [-0.39, 0.29) is 11.6 Å². The molecule has 0 saturated carbocycles. The molecule has 1 saturated heterocycles.